The quantitative estimate of drug-likeness (QED) is 0.662. The molecule has 1 aliphatic heterocycles. The summed E-state index contributed by atoms with van der Waals surface area (Å²) in [5.41, 5.74) is 3.87. The number of hydrogen-bond donors (Lipinski definition) is 0. The van der Waals surface area contributed by atoms with E-state index in [1.807, 2.05) is 52.8 Å². The number of ether oxygens (including phenoxy) is 1. The highest BCUT2D eigenvalue weighted by atomic mass is 16.5. The second-order valence-electron chi connectivity index (χ2n) is 8.19. The van der Waals surface area contributed by atoms with E-state index in [0.29, 0.717) is 29.7 Å². The van der Waals surface area contributed by atoms with Crippen molar-refractivity contribution < 1.29 is 9.53 Å². The summed E-state index contributed by atoms with van der Waals surface area (Å²) < 4.78 is 8.59. The van der Waals surface area contributed by atoms with Crippen molar-refractivity contribution in [1.82, 2.24) is 24.5 Å². The molecule has 8 heteroatoms. The number of carbonyl (C=O) groups excluding carboxylic acids is 1. The Bertz CT molecular complexity index is 1170. The Morgan fingerprint density at radius 1 is 1.13 bits per heavy atom. The van der Waals surface area contributed by atoms with Crippen molar-refractivity contribution >= 4 is 16.8 Å². The van der Waals surface area contributed by atoms with Gasteiger partial charge in [-0.3, -0.25) is 9.59 Å². The van der Waals surface area contributed by atoms with E-state index < -0.39 is 0 Å². The number of nitrogens with zero attached hydrogens (tertiary/aromatic N) is 5. The second-order valence-corrected chi connectivity index (χ2v) is 8.19. The van der Waals surface area contributed by atoms with E-state index in [1.54, 1.807) is 15.8 Å². The SMILES string of the molecule is Cc1ccc(-n2ncc3c(C)nn(CC(=O)N4CC(C)OC(C)C4)c(=O)c32)cc1C. The van der Waals surface area contributed by atoms with E-state index in [0.717, 1.165) is 11.3 Å². The van der Waals surface area contributed by atoms with Crippen LogP contribution in [0, 0.1) is 20.8 Å². The summed E-state index contributed by atoms with van der Waals surface area (Å²) in [6, 6.07) is 5.95. The van der Waals surface area contributed by atoms with Gasteiger partial charge in [-0.15, -0.1) is 0 Å². The van der Waals surface area contributed by atoms with Crippen LogP contribution in [0.1, 0.15) is 30.7 Å². The number of hydrogen-bond acceptors (Lipinski definition) is 5. The Kier molecular flexibility index (Phi) is 5.19. The molecule has 2 atom stereocenters. The minimum atomic E-state index is -0.325. The Hall–Kier alpha value is -3.00. The molecule has 0 spiro atoms. The zero-order valence-corrected chi connectivity index (χ0v) is 18.0. The van der Waals surface area contributed by atoms with Gasteiger partial charge < -0.3 is 9.64 Å². The van der Waals surface area contributed by atoms with Crippen molar-refractivity contribution in [3.05, 3.63) is 51.6 Å². The van der Waals surface area contributed by atoms with Crippen LogP contribution in [0.4, 0.5) is 0 Å². The number of carbonyl (C=O) groups is 1. The van der Waals surface area contributed by atoms with Crippen molar-refractivity contribution in [2.75, 3.05) is 13.1 Å². The highest BCUT2D eigenvalue weighted by Gasteiger charge is 2.27. The van der Waals surface area contributed by atoms with Gasteiger partial charge in [0, 0.05) is 18.5 Å². The fourth-order valence-electron chi connectivity index (χ4n) is 3.99. The van der Waals surface area contributed by atoms with E-state index in [1.165, 1.54) is 10.2 Å². The summed E-state index contributed by atoms with van der Waals surface area (Å²) in [7, 11) is 0. The zero-order valence-electron chi connectivity index (χ0n) is 18.0. The van der Waals surface area contributed by atoms with Gasteiger partial charge in [-0.25, -0.2) is 9.36 Å². The number of morpholine rings is 1. The van der Waals surface area contributed by atoms with E-state index in [-0.39, 0.29) is 30.2 Å². The summed E-state index contributed by atoms with van der Waals surface area (Å²) in [5.74, 6) is -0.136. The van der Waals surface area contributed by atoms with Gasteiger partial charge in [0.15, 0.2) is 0 Å². The third-order valence-electron chi connectivity index (χ3n) is 5.66. The highest BCUT2D eigenvalue weighted by molar-refractivity contribution is 5.82. The number of fused-ring (bicyclic) bond motifs is 1. The monoisotopic (exact) mass is 409 g/mol. The van der Waals surface area contributed by atoms with Crippen LogP contribution in [0.25, 0.3) is 16.6 Å². The predicted molar refractivity (Wildman–Crippen MR) is 114 cm³/mol. The van der Waals surface area contributed by atoms with Crippen LogP contribution in [-0.2, 0) is 16.1 Å². The fourth-order valence-corrected chi connectivity index (χ4v) is 3.99. The van der Waals surface area contributed by atoms with Crippen LogP contribution >= 0.6 is 0 Å². The van der Waals surface area contributed by atoms with Gasteiger partial charge in [0.1, 0.15) is 12.1 Å². The summed E-state index contributed by atoms with van der Waals surface area (Å²) in [4.78, 5) is 27.9. The molecule has 3 aromatic rings. The predicted octanol–water partition coefficient (Wildman–Crippen LogP) is 2.14. The number of amides is 1. The molecule has 1 saturated heterocycles. The molecule has 8 nitrogen and oxygen atoms in total. The first kappa shape index (κ1) is 20.3. The lowest BCUT2D eigenvalue weighted by Gasteiger charge is -2.35. The van der Waals surface area contributed by atoms with Gasteiger partial charge in [-0.1, -0.05) is 6.07 Å². The third-order valence-corrected chi connectivity index (χ3v) is 5.66. The number of aryl methyl sites for hydroxylation is 3. The summed E-state index contributed by atoms with van der Waals surface area (Å²) in [5, 5.41) is 9.51. The standard InChI is InChI=1S/C22H27N5O3/c1-13-6-7-18(8-14(13)2)27-21-19(9-23-27)17(5)24-26(22(21)29)12-20(28)25-10-15(3)30-16(4)11-25/h6-9,15-16H,10-12H2,1-5H3. The molecule has 2 aromatic heterocycles. The molecule has 0 radical (unpaired) electrons. The average Bonchev–Trinajstić information content (AvgIpc) is 3.13. The Labute approximate surface area is 175 Å². The van der Waals surface area contributed by atoms with Gasteiger partial charge >= 0.3 is 0 Å². The van der Waals surface area contributed by atoms with E-state index in [4.69, 9.17) is 4.74 Å². The van der Waals surface area contributed by atoms with E-state index >= 15 is 0 Å². The number of aromatic nitrogens is 4. The van der Waals surface area contributed by atoms with Crippen molar-refractivity contribution in [2.24, 2.45) is 0 Å². The summed E-state index contributed by atoms with van der Waals surface area (Å²) in [6.07, 6.45) is 1.60. The van der Waals surface area contributed by atoms with Crippen molar-refractivity contribution in [3.8, 4) is 5.69 Å². The molecule has 1 aromatic carbocycles. The van der Waals surface area contributed by atoms with Crippen molar-refractivity contribution in [2.45, 2.75) is 53.4 Å². The zero-order chi connectivity index (χ0) is 21.6. The first-order chi connectivity index (χ1) is 14.2. The maximum atomic E-state index is 13.3. The molecule has 1 fully saturated rings. The molecule has 30 heavy (non-hydrogen) atoms. The van der Waals surface area contributed by atoms with Gasteiger partial charge in [0.2, 0.25) is 5.91 Å². The van der Waals surface area contributed by atoms with Gasteiger partial charge in [0.25, 0.3) is 5.56 Å². The maximum Gasteiger partial charge on any atom is 0.293 e. The molecule has 158 valence electrons. The lowest BCUT2D eigenvalue weighted by Crippen LogP contribution is -2.49. The minimum absolute atomic E-state index is 0.0298. The van der Waals surface area contributed by atoms with E-state index in [9.17, 15) is 9.59 Å². The lowest BCUT2D eigenvalue weighted by atomic mass is 10.1. The van der Waals surface area contributed by atoms with Gasteiger partial charge in [-0.05, 0) is 57.9 Å². The average molecular weight is 409 g/mol. The van der Waals surface area contributed by atoms with Gasteiger partial charge in [-0.2, -0.15) is 10.2 Å². The molecular weight excluding hydrogens is 382 g/mol. The molecular formula is C22H27N5O3. The second kappa shape index (κ2) is 7.68. The normalized spacial score (nSPS) is 19.4. The summed E-state index contributed by atoms with van der Waals surface area (Å²) >= 11 is 0. The van der Waals surface area contributed by atoms with Crippen LogP contribution in [0.5, 0.6) is 0 Å². The van der Waals surface area contributed by atoms with Crippen molar-refractivity contribution in [3.63, 3.8) is 0 Å². The Balaban J connectivity index is 1.73. The molecule has 0 N–H and O–H groups in total. The topological polar surface area (TPSA) is 82.2 Å². The smallest absolute Gasteiger partial charge is 0.293 e. The van der Waals surface area contributed by atoms with Crippen molar-refractivity contribution in [1.29, 1.82) is 0 Å². The maximum absolute atomic E-state index is 13.3. The molecule has 1 amide bonds. The molecule has 3 heterocycles. The van der Waals surface area contributed by atoms with Crippen LogP contribution in [0.15, 0.2) is 29.2 Å². The lowest BCUT2D eigenvalue weighted by molar-refractivity contribution is -0.144. The Morgan fingerprint density at radius 3 is 2.50 bits per heavy atom. The number of benzene rings is 1. The summed E-state index contributed by atoms with van der Waals surface area (Å²) in [6.45, 7) is 10.7. The third kappa shape index (κ3) is 3.63. The van der Waals surface area contributed by atoms with E-state index in [2.05, 4.69) is 10.2 Å². The van der Waals surface area contributed by atoms with Gasteiger partial charge in [0.05, 0.1) is 29.8 Å². The fraction of sp³-hybridized carbons (Fsp3) is 0.455. The van der Waals surface area contributed by atoms with Crippen LogP contribution in [0.3, 0.4) is 0 Å². The molecule has 0 saturated carbocycles. The van der Waals surface area contributed by atoms with Crippen LogP contribution < -0.4 is 5.56 Å². The van der Waals surface area contributed by atoms with Crippen LogP contribution in [0.2, 0.25) is 0 Å². The molecule has 0 bridgehead atoms. The molecule has 1 aliphatic rings. The highest BCUT2D eigenvalue weighted by Crippen LogP contribution is 2.19. The first-order valence-corrected chi connectivity index (χ1v) is 10.2. The molecule has 0 aliphatic carbocycles. The molecule has 2 unspecified atom stereocenters. The largest absolute Gasteiger partial charge is 0.372 e. The minimum Gasteiger partial charge on any atom is -0.372 e. The molecule has 4 rings (SSSR count). The van der Waals surface area contributed by atoms with Crippen LogP contribution in [-0.4, -0.2) is 55.7 Å². The number of rotatable bonds is 3. The first-order valence-electron chi connectivity index (χ1n) is 10.2. The Morgan fingerprint density at radius 2 is 1.83 bits per heavy atom.